The van der Waals surface area contributed by atoms with Crippen molar-refractivity contribution in [1.29, 1.82) is 0 Å². The van der Waals surface area contributed by atoms with Gasteiger partial charge in [0.15, 0.2) is 5.82 Å². The highest BCUT2D eigenvalue weighted by Gasteiger charge is 2.29. The van der Waals surface area contributed by atoms with Crippen LogP contribution in [0.25, 0.3) is 0 Å². The zero-order chi connectivity index (χ0) is 18.7. The number of hydrogen-bond acceptors (Lipinski definition) is 7. The first kappa shape index (κ1) is 17.9. The van der Waals surface area contributed by atoms with Crippen LogP contribution in [0.1, 0.15) is 12.8 Å². The number of carbonyl (C=O) groups is 1. The van der Waals surface area contributed by atoms with Crippen LogP contribution in [0.5, 0.6) is 11.9 Å². The number of rotatable bonds is 7. The van der Waals surface area contributed by atoms with Gasteiger partial charge in [-0.2, -0.15) is 9.97 Å². The molecule has 1 fully saturated rings. The van der Waals surface area contributed by atoms with Crippen molar-refractivity contribution in [2.75, 3.05) is 24.3 Å². The molecule has 10 heteroatoms. The van der Waals surface area contributed by atoms with Crippen molar-refractivity contribution in [2.45, 2.75) is 17.7 Å². The van der Waals surface area contributed by atoms with Crippen molar-refractivity contribution in [3.05, 3.63) is 30.3 Å². The van der Waals surface area contributed by atoms with Crippen molar-refractivity contribution in [3.63, 3.8) is 0 Å². The van der Waals surface area contributed by atoms with Crippen LogP contribution in [-0.4, -0.2) is 38.5 Å². The number of methoxy groups -OCH3 is 2. The van der Waals surface area contributed by atoms with Gasteiger partial charge >= 0.3 is 6.01 Å². The third-order valence-corrected chi connectivity index (χ3v) is 5.06. The van der Waals surface area contributed by atoms with Gasteiger partial charge in [0, 0.05) is 17.7 Å². The van der Waals surface area contributed by atoms with Gasteiger partial charge in [0.2, 0.25) is 11.8 Å². The number of benzene rings is 1. The summed E-state index contributed by atoms with van der Waals surface area (Å²) in [7, 11) is -1.12. The van der Waals surface area contributed by atoms with E-state index in [1.807, 2.05) is 0 Å². The van der Waals surface area contributed by atoms with Gasteiger partial charge < -0.3 is 14.8 Å². The third-order valence-electron chi connectivity index (χ3n) is 3.69. The molecule has 1 aliphatic rings. The lowest BCUT2D eigenvalue weighted by molar-refractivity contribution is -0.117. The minimum absolute atomic E-state index is 0.0137. The Labute approximate surface area is 150 Å². The zero-order valence-electron chi connectivity index (χ0n) is 14.2. The fraction of sp³-hybridized carbons (Fsp3) is 0.312. The number of aromatic nitrogens is 2. The lowest BCUT2D eigenvalue weighted by atomic mass is 10.3. The molecule has 3 rings (SSSR count). The average Bonchev–Trinajstić information content (AvgIpc) is 3.46. The lowest BCUT2D eigenvalue weighted by Gasteiger charge is -2.10. The van der Waals surface area contributed by atoms with Gasteiger partial charge in [0.1, 0.15) is 0 Å². The Morgan fingerprint density at radius 3 is 2.38 bits per heavy atom. The van der Waals surface area contributed by atoms with Crippen LogP contribution >= 0.6 is 0 Å². The number of nitrogens with zero attached hydrogens (tertiary/aromatic N) is 2. The van der Waals surface area contributed by atoms with Crippen LogP contribution in [0.2, 0.25) is 0 Å². The normalized spacial score (nSPS) is 13.8. The number of hydrogen-bond donors (Lipinski definition) is 2. The van der Waals surface area contributed by atoms with E-state index >= 15 is 0 Å². The summed E-state index contributed by atoms with van der Waals surface area (Å²) >= 11 is 0. The molecule has 1 aromatic heterocycles. The topological polar surface area (TPSA) is 120 Å². The first-order valence-electron chi connectivity index (χ1n) is 7.82. The van der Waals surface area contributed by atoms with E-state index in [0.717, 1.165) is 12.8 Å². The monoisotopic (exact) mass is 378 g/mol. The van der Waals surface area contributed by atoms with Crippen LogP contribution in [-0.2, 0) is 14.8 Å². The molecule has 1 aromatic carbocycles. The smallest absolute Gasteiger partial charge is 0.321 e. The van der Waals surface area contributed by atoms with Crippen LogP contribution in [0.15, 0.2) is 35.2 Å². The van der Waals surface area contributed by atoms with E-state index in [1.54, 1.807) is 0 Å². The number of ether oxygens (including phenoxy) is 2. The fourth-order valence-corrected chi connectivity index (χ4v) is 3.15. The summed E-state index contributed by atoms with van der Waals surface area (Å²) in [4.78, 5) is 19.6. The fourth-order valence-electron chi connectivity index (χ4n) is 2.16. The Morgan fingerprint density at radius 2 is 1.81 bits per heavy atom. The molecule has 0 atom stereocenters. The van der Waals surface area contributed by atoms with Gasteiger partial charge in [-0.05, 0) is 37.1 Å². The first-order chi connectivity index (χ1) is 12.4. The number of carbonyl (C=O) groups excluding carboxylic acids is 1. The number of sulfonamides is 1. The molecule has 0 unspecified atom stereocenters. The largest absolute Gasteiger partial charge is 0.481 e. The molecule has 1 aliphatic carbocycles. The molecule has 0 spiro atoms. The third kappa shape index (κ3) is 4.20. The minimum Gasteiger partial charge on any atom is -0.481 e. The molecule has 1 amide bonds. The second kappa shape index (κ2) is 7.16. The second-order valence-corrected chi connectivity index (χ2v) is 7.36. The van der Waals surface area contributed by atoms with Gasteiger partial charge in [0.25, 0.3) is 10.0 Å². The Kier molecular flexibility index (Phi) is 4.94. The predicted octanol–water partition coefficient (Wildman–Crippen LogP) is 1.64. The minimum atomic E-state index is -3.88. The Hall–Kier alpha value is -2.88. The number of nitrogens with one attached hydrogen (secondary N) is 2. The quantitative estimate of drug-likeness (QED) is 0.751. The maximum Gasteiger partial charge on any atom is 0.321 e. The van der Waals surface area contributed by atoms with Crippen LogP contribution in [0.3, 0.4) is 0 Å². The van der Waals surface area contributed by atoms with Gasteiger partial charge in [-0.3, -0.25) is 9.52 Å². The highest BCUT2D eigenvalue weighted by molar-refractivity contribution is 7.92. The van der Waals surface area contributed by atoms with Gasteiger partial charge in [-0.1, -0.05) is 0 Å². The van der Waals surface area contributed by atoms with Crippen LogP contribution < -0.4 is 19.5 Å². The number of anilines is 2. The Balaban J connectivity index is 1.76. The molecular formula is C16H18N4O5S. The van der Waals surface area contributed by atoms with Crippen molar-refractivity contribution >= 4 is 27.4 Å². The molecule has 2 N–H and O–H groups in total. The summed E-state index contributed by atoms with van der Waals surface area (Å²) in [5.41, 5.74) is 0.547. The molecule has 0 saturated heterocycles. The molecule has 0 bridgehead atoms. The number of amides is 1. The maximum absolute atomic E-state index is 12.5. The molecule has 0 aliphatic heterocycles. The van der Waals surface area contributed by atoms with E-state index in [1.165, 1.54) is 44.6 Å². The average molecular weight is 378 g/mol. The van der Waals surface area contributed by atoms with Crippen LogP contribution in [0, 0.1) is 5.92 Å². The van der Waals surface area contributed by atoms with Gasteiger partial charge in [-0.15, -0.1) is 0 Å². The predicted molar refractivity (Wildman–Crippen MR) is 93.7 cm³/mol. The summed E-state index contributed by atoms with van der Waals surface area (Å²) < 4.78 is 37.3. The summed E-state index contributed by atoms with van der Waals surface area (Å²) in [6, 6.07) is 7.19. The molecule has 1 saturated carbocycles. The molecule has 0 radical (unpaired) electrons. The molecule has 26 heavy (non-hydrogen) atoms. The zero-order valence-corrected chi connectivity index (χ0v) is 15.0. The maximum atomic E-state index is 12.5. The highest BCUT2D eigenvalue weighted by atomic mass is 32.2. The van der Waals surface area contributed by atoms with Gasteiger partial charge in [-0.25, -0.2) is 8.42 Å². The highest BCUT2D eigenvalue weighted by Crippen LogP contribution is 2.30. The van der Waals surface area contributed by atoms with Gasteiger partial charge in [0.05, 0.1) is 19.1 Å². The molecule has 9 nitrogen and oxygen atoms in total. The summed E-state index contributed by atoms with van der Waals surface area (Å²) in [5.74, 6) is 0.203. The van der Waals surface area contributed by atoms with E-state index in [4.69, 9.17) is 9.47 Å². The van der Waals surface area contributed by atoms with Crippen molar-refractivity contribution in [1.82, 2.24) is 9.97 Å². The second-order valence-electron chi connectivity index (χ2n) is 5.68. The van der Waals surface area contributed by atoms with Crippen LogP contribution in [0.4, 0.5) is 11.5 Å². The van der Waals surface area contributed by atoms with E-state index in [0.29, 0.717) is 5.69 Å². The molecule has 138 valence electrons. The Bertz CT molecular complexity index is 888. The van der Waals surface area contributed by atoms with E-state index in [9.17, 15) is 13.2 Å². The van der Waals surface area contributed by atoms with E-state index in [2.05, 4.69) is 20.0 Å². The van der Waals surface area contributed by atoms with Crippen molar-refractivity contribution in [2.24, 2.45) is 5.92 Å². The summed E-state index contributed by atoms with van der Waals surface area (Å²) in [6.07, 6.45) is 1.79. The first-order valence-corrected chi connectivity index (χ1v) is 9.30. The van der Waals surface area contributed by atoms with E-state index in [-0.39, 0.29) is 34.4 Å². The van der Waals surface area contributed by atoms with Crippen molar-refractivity contribution in [3.8, 4) is 11.9 Å². The summed E-state index contributed by atoms with van der Waals surface area (Å²) in [5, 5.41) is 2.75. The molecule has 1 heterocycles. The lowest BCUT2D eigenvalue weighted by Crippen LogP contribution is -2.15. The SMILES string of the molecule is COc1cc(NS(=O)(=O)c2ccc(NC(=O)C3CC3)cc2)nc(OC)n1. The Morgan fingerprint density at radius 1 is 1.12 bits per heavy atom. The standard InChI is InChI=1S/C16H18N4O5S/c1-24-14-9-13(18-16(19-14)25-2)20-26(22,23)12-7-5-11(6-8-12)17-15(21)10-3-4-10/h5-10H,3-4H2,1-2H3,(H,17,21)(H,18,19,20). The van der Waals surface area contributed by atoms with Crippen molar-refractivity contribution < 1.29 is 22.7 Å². The van der Waals surface area contributed by atoms with E-state index < -0.39 is 10.0 Å². The molecular weight excluding hydrogens is 360 g/mol. The summed E-state index contributed by atoms with van der Waals surface area (Å²) in [6.45, 7) is 0. The molecule has 2 aromatic rings.